The lowest BCUT2D eigenvalue weighted by atomic mass is 9.71. The first-order valence-electron chi connectivity index (χ1n) is 10.8. The normalized spacial score (nSPS) is 12.4. The summed E-state index contributed by atoms with van der Waals surface area (Å²) in [5.74, 6) is 1.09. The molecule has 0 radical (unpaired) electrons. The molecule has 0 amide bonds. The fraction of sp³-hybridized carbons (Fsp3) is 0.172. The topological polar surface area (TPSA) is 60.7 Å². The van der Waals surface area contributed by atoms with Gasteiger partial charge in [0.15, 0.2) is 0 Å². The van der Waals surface area contributed by atoms with E-state index >= 15 is 0 Å². The molecular weight excluding hydrogens is 396 g/mol. The molecular formula is C29H28O3. The largest absolute Gasteiger partial charge is 0.508 e. The molecule has 0 bridgehead atoms. The van der Waals surface area contributed by atoms with Crippen LogP contribution in [-0.2, 0) is 11.8 Å². The Morgan fingerprint density at radius 3 is 1.31 bits per heavy atom. The predicted octanol–water partition coefficient (Wildman–Crippen LogP) is 6.50. The molecule has 0 saturated heterocycles. The summed E-state index contributed by atoms with van der Waals surface area (Å²) in [6, 6.07) is 30.7. The molecule has 0 aromatic heterocycles. The van der Waals surface area contributed by atoms with Gasteiger partial charge in [-0.1, -0.05) is 67.6 Å². The highest BCUT2D eigenvalue weighted by molar-refractivity contribution is 5.51. The Balaban J connectivity index is 1.68. The van der Waals surface area contributed by atoms with E-state index in [-0.39, 0.29) is 17.2 Å². The standard InChI is InChI=1S/C29H28O3/c1-20(19-21-3-13-26(30)14-4-21)22-5-7-23(8-6-22)29(2,24-9-15-27(31)16-10-24)25-11-17-28(32)18-12-25/h3-18,20,30-32H,19H2,1-2H3. The second kappa shape index (κ2) is 8.80. The van der Waals surface area contributed by atoms with Crippen LogP contribution >= 0.6 is 0 Å². The van der Waals surface area contributed by atoms with Gasteiger partial charge in [-0.05, 0) is 83.5 Å². The van der Waals surface area contributed by atoms with E-state index in [1.54, 1.807) is 36.4 Å². The van der Waals surface area contributed by atoms with Crippen LogP contribution in [0.2, 0.25) is 0 Å². The van der Waals surface area contributed by atoms with Crippen LogP contribution in [0.1, 0.15) is 47.6 Å². The summed E-state index contributed by atoms with van der Waals surface area (Å²) in [6.45, 7) is 4.38. The van der Waals surface area contributed by atoms with Crippen molar-refractivity contribution in [3.63, 3.8) is 0 Å². The minimum atomic E-state index is -0.444. The van der Waals surface area contributed by atoms with Gasteiger partial charge in [0.1, 0.15) is 17.2 Å². The number of benzene rings is 4. The van der Waals surface area contributed by atoms with Gasteiger partial charge in [-0.3, -0.25) is 0 Å². The van der Waals surface area contributed by atoms with Crippen LogP contribution in [-0.4, -0.2) is 15.3 Å². The summed E-state index contributed by atoms with van der Waals surface area (Å²) in [7, 11) is 0. The van der Waals surface area contributed by atoms with E-state index in [0.29, 0.717) is 5.92 Å². The molecule has 32 heavy (non-hydrogen) atoms. The van der Waals surface area contributed by atoms with Crippen molar-refractivity contribution in [2.24, 2.45) is 0 Å². The summed E-state index contributed by atoms with van der Waals surface area (Å²) in [4.78, 5) is 0. The molecule has 0 heterocycles. The van der Waals surface area contributed by atoms with E-state index in [4.69, 9.17) is 0 Å². The lowest BCUT2D eigenvalue weighted by Gasteiger charge is -2.32. The van der Waals surface area contributed by atoms with Gasteiger partial charge in [0, 0.05) is 5.41 Å². The maximum Gasteiger partial charge on any atom is 0.115 e. The number of phenolic OH excluding ortho intramolecular Hbond substituents is 3. The van der Waals surface area contributed by atoms with Crippen LogP contribution in [0.5, 0.6) is 17.2 Å². The average Bonchev–Trinajstić information content (AvgIpc) is 2.81. The predicted molar refractivity (Wildman–Crippen MR) is 128 cm³/mol. The smallest absolute Gasteiger partial charge is 0.115 e. The number of hydrogen-bond donors (Lipinski definition) is 3. The Morgan fingerprint density at radius 1 is 0.562 bits per heavy atom. The monoisotopic (exact) mass is 424 g/mol. The van der Waals surface area contributed by atoms with Gasteiger partial charge in [0.25, 0.3) is 0 Å². The fourth-order valence-electron chi connectivity index (χ4n) is 4.34. The number of aromatic hydroxyl groups is 3. The van der Waals surface area contributed by atoms with Crippen molar-refractivity contribution in [2.45, 2.75) is 31.6 Å². The van der Waals surface area contributed by atoms with E-state index in [0.717, 1.165) is 23.1 Å². The Morgan fingerprint density at radius 2 is 0.906 bits per heavy atom. The van der Waals surface area contributed by atoms with Crippen LogP contribution in [0.4, 0.5) is 0 Å². The van der Waals surface area contributed by atoms with Gasteiger partial charge >= 0.3 is 0 Å². The number of rotatable bonds is 6. The zero-order valence-corrected chi connectivity index (χ0v) is 18.4. The first-order chi connectivity index (χ1) is 15.4. The third-order valence-electron chi connectivity index (χ3n) is 6.42. The van der Waals surface area contributed by atoms with E-state index < -0.39 is 5.41 Å². The molecule has 0 aliphatic carbocycles. The summed E-state index contributed by atoms with van der Waals surface area (Å²) < 4.78 is 0. The summed E-state index contributed by atoms with van der Waals surface area (Å²) in [5, 5.41) is 29.1. The van der Waals surface area contributed by atoms with E-state index in [1.807, 2.05) is 36.4 Å². The van der Waals surface area contributed by atoms with E-state index in [2.05, 4.69) is 38.1 Å². The second-order valence-corrected chi connectivity index (χ2v) is 8.61. The van der Waals surface area contributed by atoms with E-state index in [9.17, 15) is 15.3 Å². The zero-order chi connectivity index (χ0) is 22.7. The highest BCUT2D eigenvalue weighted by atomic mass is 16.3. The summed E-state index contributed by atoms with van der Waals surface area (Å²) >= 11 is 0. The molecule has 3 heteroatoms. The molecule has 1 unspecified atom stereocenters. The molecule has 3 N–H and O–H groups in total. The van der Waals surface area contributed by atoms with Gasteiger partial charge in [0.05, 0.1) is 0 Å². The minimum absolute atomic E-state index is 0.236. The highest BCUT2D eigenvalue weighted by Crippen LogP contribution is 2.40. The highest BCUT2D eigenvalue weighted by Gasteiger charge is 2.31. The van der Waals surface area contributed by atoms with Crippen LogP contribution in [0.15, 0.2) is 97.1 Å². The molecule has 4 aromatic carbocycles. The van der Waals surface area contributed by atoms with Crippen molar-refractivity contribution in [1.29, 1.82) is 0 Å². The van der Waals surface area contributed by atoms with Crippen LogP contribution in [0.3, 0.4) is 0 Å². The maximum atomic E-state index is 9.79. The molecule has 3 nitrogen and oxygen atoms in total. The molecule has 1 atom stereocenters. The molecule has 0 aliphatic heterocycles. The van der Waals surface area contributed by atoms with Crippen LogP contribution in [0.25, 0.3) is 0 Å². The van der Waals surface area contributed by atoms with Crippen LogP contribution in [0, 0.1) is 0 Å². The van der Waals surface area contributed by atoms with Gasteiger partial charge in [-0.2, -0.15) is 0 Å². The Bertz CT molecular complexity index is 1110. The maximum absolute atomic E-state index is 9.79. The van der Waals surface area contributed by atoms with Crippen molar-refractivity contribution < 1.29 is 15.3 Å². The van der Waals surface area contributed by atoms with Gasteiger partial charge < -0.3 is 15.3 Å². The zero-order valence-electron chi connectivity index (χ0n) is 18.4. The van der Waals surface area contributed by atoms with Gasteiger partial charge in [-0.15, -0.1) is 0 Å². The lowest BCUT2D eigenvalue weighted by molar-refractivity contribution is 0.474. The molecule has 0 fully saturated rings. The molecule has 0 spiro atoms. The van der Waals surface area contributed by atoms with Crippen molar-refractivity contribution in [3.05, 3.63) is 125 Å². The van der Waals surface area contributed by atoms with Crippen molar-refractivity contribution in [2.75, 3.05) is 0 Å². The first-order valence-corrected chi connectivity index (χ1v) is 10.8. The van der Waals surface area contributed by atoms with Crippen LogP contribution < -0.4 is 0 Å². The second-order valence-electron chi connectivity index (χ2n) is 8.61. The third kappa shape index (κ3) is 4.33. The SMILES string of the molecule is CC(Cc1ccc(O)cc1)c1ccc(C(C)(c2ccc(O)cc2)c2ccc(O)cc2)cc1. The summed E-state index contributed by atoms with van der Waals surface area (Å²) in [6.07, 6.45) is 0.896. The number of hydrogen-bond acceptors (Lipinski definition) is 3. The van der Waals surface area contributed by atoms with Crippen molar-refractivity contribution in [1.82, 2.24) is 0 Å². The number of phenols is 3. The molecule has 4 rings (SSSR count). The third-order valence-corrected chi connectivity index (χ3v) is 6.42. The van der Waals surface area contributed by atoms with Gasteiger partial charge in [-0.25, -0.2) is 0 Å². The Labute approximate surface area is 189 Å². The van der Waals surface area contributed by atoms with Crippen molar-refractivity contribution in [3.8, 4) is 17.2 Å². The summed E-state index contributed by atoms with van der Waals surface area (Å²) in [5.41, 5.74) is 5.25. The minimum Gasteiger partial charge on any atom is -0.508 e. The Kier molecular flexibility index (Phi) is 5.91. The Hall–Kier alpha value is -3.72. The molecule has 0 saturated carbocycles. The lowest BCUT2D eigenvalue weighted by Crippen LogP contribution is -2.25. The van der Waals surface area contributed by atoms with Crippen molar-refractivity contribution >= 4 is 0 Å². The van der Waals surface area contributed by atoms with E-state index in [1.165, 1.54) is 11.1 Å². The fourth-order valence-corrected chi connectivity index (χ4v) is 4.34. The van der Waals surface area contributed by atoms with Gasteiger partial charge in [0.2, 0.25) is 0 Å². The molecule has 4 aromatic rings. The molecule has 162 valence electrons. The first kappa shape index (κ1) is 21.5. The molecule has 0 aliphatic rings. The average molecular weight is 425 g/mol. The quantitative estimate of drug-likeness (QED) is 0.310.